The highest BCUT2D eigenvalue weighted by atomic mass is 32.1. The summed E-state index contributed by atoms with van der Waals surface area (Å²) in [5.41, 5.74) is 1.80. The Morgan fingerprint density at radius 1 is 1.31 bits per heavy atom. The first kappa shape index (κ1) is 8.90. The van der Waals surface area contributed by atoms with Crippen molar-refractivity contribution in [1.29, 1.82) is 0 Å². The molecule has 5 heteroatoms. The molecule has 2 heterocycles. The summed E-state index contributed by atoms with van der Waals surface area (Å²) in [4.78, 5) is 4.68. The predicted octanol–water partition coefficient (Wildman–Crippen LogP) is 0.680. The van der Waals surface area contributed by atoms with Gasteiger partial charge in [0.1, 0.15) is 5.51 Å². The van der Waals surface area contributed by atoms with Crippen LogP contribution in [0.15, 0.2) is 5.51 Å². The van der Waals surface area contributed by atoms with Gasteiger partial charge in [0, 0.05) is 19.6 Å². The third-order valence-corrected chi connectivity index (χ3v) is 3.09. The van der Waals surface area contributed by atoms with Crippen LogP contribution in [0.5, 0.6) is 0 Å². The molecule has 0 N–H and O–H groups in total. The van der Waals surface area contributed by atoms with Gasteiger partial charge in [0.25, 0.3) is 0 Å². The molecular formula is C8H14N4S. The monoisotopic (exact) mass is 198 g/mol. The van der Waals surface area contributed by atoms with Crippen molar-refractivity contribution in [3.63, 3.8) is 0 Å². The standard InChI is InChI=1S/C8H14N4S/c1-11-3-2-4-12(6-5-11)8-10-9-7-13-8/h7H,2-6H2,1H3. The van der Waals surface area contributed by atoms with Gasteiger partial charge < -0.3 is 9.80 Å². The maximum atomic E-state index is 4.08. The van der Waals surface area contributed by atoms with E-state index in [4.69, 9.17) is 0 Å². The van der Waals surface area contributed by atoms with Crippen molar-refractivity contribution in [2.75, 3.05) is 38.1 Å². The molecule has 1 aliphatic rings. The van der Waals surface area contributed by atoms with Crippen LogP contribution < -0.4 is 4.90 Å². The Kier molecular flexibility index (Phi) is 2.75. The molecule has 0 saturated carbocycles. The minimum absolute atomic E-state index is 1.07. The lowest BCUT2D eigenvalue weighted by atomic mass is 10.4. The average Bonchev–Trinajstić information content (AvgIpc) is 2.56. The quantitative estimate of drug-likeness (QED) is 0.664. The zero-order chi connectivity index (χ0) is 9.10. The SMILES string of the molecule is CN1CCCN(c2nncs2)CC1. The minimum Gasteiger partial charge on any atom is -0.345 e. The van der Waals surface area contributed by atoms with Crippen molar-refractivity contribution in [3.05, 3.63) is 5.51 Å². The Hall–Kier alpha value is -0.680. The second-order valence-electron chi connectivity index (χ2n) is 3.37. The highest BCUT2D eigenvalue weighted by Gasteiger charge is 2.14. The second-order valence-corrected chi connectivity index (χ2v) is 4.18. The predicted molar refractivity (Wildman–Crippen MR) is 54.2 cm³/mol. The van der Waals surface area contributed by atoms with Crippen molar-refractivity contribution in [2.24, 2.45) is 0 Å². The molecule has 0 atom stereocenters. The summed E-state index contributed by atoms with van der Waals surface area (Å²) in [5, 5.41) is 9.01. The van der Waals surface area contributed by atoms with Crippen molar-refractivity contribution in [1.82, 2.24) is 15.1 Å². The van der Waals surface area contributed by atoms with Gasteiger partial charge in [-0.15, -0.1) is 10.2 Å². The Bertz CT molecular complexity index is 249. The summed E-state index contributed by atoms with van der Waals surface area (Å²) in [6, 6.07) is 0. The smallest absolute Gasteiger partial charge is 0.208 e. The van der Waals surface area contributed by atoms with Gasteiger partial charge >= 0.3 is 0 Å². The van der Waals surface area contributed by atoms with E-state index in [1.807, 2.05) is 0 Å². The summed E-state index contributed by atoms with van der Waals surface area (Å²) in [5.74, 6) is 0. The van der Waals surface area contributed by atoms with E-state index < -0.39 is 0 Å². The number of nitrogens with zero attached hydrogens (tertiary/aromatic N) is 4. The number of anilines is 1. The lowest BCUT2D eigenvalue weighted by molar-refractivity contribution is 0.360. The maximum Gasteiger partial charge on any atom is 0.208 e. The van der Waals surface area contributed by atoms with Gasteiger partial charge in [0.15, 0.2) is 0 Å². The highest BCUT2D eigenvalue weighted by Crippen LogP contribution is 2.16. The topological polar surface area (TPSA) is 32.3 Å². The molecule has 13 heavy (non-hydrogen) atoms. The van der Waals surface area contributed by atoms with Crippen LogP contribution in [0.3, 0.4) is 0 Å². The van der Waals surface area contributed by atoms with Crippen molar-refractivity contribution in [2.45, 2.75) is 6.42 Å². The van der Waals surface area contributed by atoms with Crippen LogP contribution in [-0.2, 0) is 0 Å². The van der Waals surface area contributed by atoms with Crippen molar-refractivity contribution in [3.8, 4) is 0 Å². The van der Waals surface area contributed by atoms with E-state index in [1.54, 1.807) is 16.8 Å². The highest BCUT2D eigenvalue weighted by molar-refractivity contribution is 7.13. The fourth-order valence-corrected chi connectivity index (χ4v) is 2.16. The van der Waals surface area contributed by atoms with Crippen LogP contribution in [0.2, 0.25) is 0 Å². The molecule has 1 aromatic heterocycles. The summed E-state index contributed by atoms with van der Waals surface area (Å²) in [6.07, 6.45) is 1.22. The van der Waals surface area contributed by atoms with Gasteiger partial charge in [-0.1, -0.05) is 11.3 Å². The number of hydrogen-bond acceptors (Lipinski definition) is 5. The molecule has 1 aliphatic heterocycles. The third kappa shape index (κ3) is 2.16. The number of aromatic nitrogens is 2. The molecule has 1 aromatic rings. The Morgan fingerprint density at radius 3 is 3.00 bits per heavy atom. The minimum atomic E-state index is 1.07. The largest absolute Gasteiger partial charge is 0.345 e. The molecular weight excluding hydrogens is 184 g/mol. The van der Waals surface area contributed by atoms with Crippen LogP contribution in [0.25, 0.3) is 0 Å². The maximum absolute atomic E-state index is 4.08. The van der Waals surface area contributed by atoms with Gasteiger partial charge in [-0.3, -0.25) is 0 Å². The Morgan fingerprint density at radius 2 is 2.23 bits per heavy atom. The van der Waals surface area contributed by atoms with E-state index in [0.717, 1.165) is 24.8 Å². The van der Waals surface area contributed by atoms with Gasteiger partial charge in [0.2, 0.25) is 5.13 Å². The second kappa shape index (κ2) is 4.02. The van der Waals surface area contributed by atoms with Crippen LogP contribution in [0.1, 0.15) is 6.42 Å². The first-order valence-corrected chi connectivity index (χ1v) is 5.44. The molecule has 0 amide bonds. The summed E-state index contributed by atoms with van der Waals surface area (Å²) >= 11 is 1.63. The molecule has 0 aliphatic carbocycles. The molecule has 0 bridgehead atoms. The van der Waals surface area contributed by atoms with E-state index in [1.165, 1.54) is 13.0 Å². The van der Waals surface area contributed by atoms with Gasteiger partial charge in [-0.05, 0) is 20.0 Å². The molecule has 1 fully saturated rings. The van der Waals surface area contributed by atoms with E-state index in [0.29, 0.717) is 0 Å². The van der Waals surface area contributed by atoms with Crippen LogP contribution >= 0.6 is 11.3 Å². The van der Waals surface area contributed by atoms with Crippen LogP contribution in [-0.4, -0.2) is 48.3 Å². The molecule has 1 saturated heterocycles. The Labute approximate surface area is 82.2 Å². The van der Waals surface area contributed by atoms with E-state index in [-0.39, 0.29) is 0 Å². The first-order valence-electron chi connectivity index (χ1n) is 4.56. The third-order valence-electron chi connectivity index (χ3n) is 2.34. The number of hydrogen-bond donors (Lipinski definition) is 0. The van der Waals surface area contributed by atoms with E-state index >= 15 is 0 Å². The molecule has 0 spiro atoms. The molecule has 72 valence electrons. The van der Waals surface area contributed by atoms with Crippen LogP contribution in [0.4, 0.5) is 5.13 Å². The molecule has 2 rings (SSSR count). The Balaban J connectivity index is 2.00. The fourth-order valence-electron chi connectivity index (χ4n) is 1.54. The lowest BCUT2D eigenvalue weighted by Gasteiger charge is -2.18. The average molecular weight is 198 g/mol. The van der Waals surface area contributed by atoms with Crippen LogP contribution in [0, 0.1) is 0 Å². The molecule has 0 unspecified atom stereocenters. The fraction of sp³-hybridized carbons (Fsp3) is 0.750. The summed E-state index contributed by atoms with van der Waals surface area (Å²) in [7, 11) is 2.17. The molecule has 0 aromatic carbocycles. The van der Waals surface area contributed by atoms with Gasteiger partial charge in [-0.25, -0.2) is 0 Å². The summed E-state index contributed by atoms with van der Waals surface area (Å²) in [6.45, 7) is 4.50. The number of rotatable bonds is 1. The first-order chi connectivity index (χ1) is 6.36. The van der Waals surface area contributed by atoms with Crippen molar-refractivity contribution < 1.29 is 0 Å². The van der Waals surface area contributed by atoms with Crippen molar-refractivity contribution >= 4 is 16.5 Å². The van der Waals surface area contributed by atoms with Gasteiger partial charge in [-0.2, -0.15) is 0 Å². The zero-order valence-corrected chi connectivity index (χ0v) is 8.63. The normalized spacial score (nSPS) is 20.2. The zero-order valence-electron chi connectivity index (χ0n) is 7.81. The van der Waals surface area contributed by atoms with E-state index in [9.17, 15) is 0 Å². The van der Waals surface area contributed by atoms with Gasteiger partial charge in [0.05, 0.1) is 0 Å². The van der Waals surface area contributed by atoms with E-state index in [2.05, 4.69) is 27.0 Å². The lowest BCUT2D eigenvalue weighted by Crippen LogP contribution is -2.28. The summed E-state index contributed by atoms with van der Waals surface area (Å²) < 4.78 is 0. The molecule has 4 nitrogen and oxygen atoms in total. The molecule has 0 radical (unpaired) electrons. The number of likely N-dealkylation sites (N-methyl/N-ethyl adjacent to an activating group) is 1.